The quantitative estimate of drug-likeness (QED) is 0.380. The summed E-state index contributed by atoms with van der Waals surface area (Å²) in [6, 6.07) is 6.62. The highest BCUT2D eigenvalue weighted by molar-refractivity contribution is 8.93. The number of fused-ring (bicyclic) bond motifs is 1. The van der Waals surface area contributed by atoms with Crippen LogP contribution in [0.25, 0.3) is 11.2 Å². The number of nitro benzene ring substituents is 1. The second kappa shape index (κ2) is 9.02. The van der Waals surface area contributed by atoms with Crippen LogP contribution < -0.4 is 16.1 Å². The molecule has 0 atom stereocenters. The van der Waals surface area contributed by atoms with Gasteiger partial charge in [-0.15, -0.1) is 17.0 Å². The SMILES string of the molecule is Br.Cn1c(=O)c2c(ncn2CCN2CCN(c3ccc([N+](=O)[O-])cc3)CC2)n(C)c1=O. The Bertz CT molecular complexity index is 1210. The minimum Gasteiger partial charge on any atom is -0.369 e. The summed E-state index contributed by atoms with van der Waals surface area (Å²) in [5.74, 6) is 0. The van der Waals surface area contributed by atoms with Gasteiger partial charge in [0, 0.05) is 71.2 Å². The molecule has 3 aromatic rings. The molecular weight excluding hydrogens is 470 g/mol. The van der Waals surface area contributed by atoms with Crippen molar-refractivity contribution in [3.8, 4) is 0 Å². The van der Waals surface area contributed by atoms with E-state index in [4.69, 9.17) is 0 Å². The summed E-state index contributed by atoms with van der Waals surface area (Å²) >= 11 is 0. The maximum absolute atomic E-state index is 12.5. The second-order valence-electron chi connectivity index (χ2n) is 7.42. The van der Waals surface area contributed by atoms with E-state index in [1.807, 2.05) is 0 Å². The maximum atomic E-state index is 12.5. The van der Waals surface area contributed by atoms with E-state index in [1.54, 1.807) is 30.1 Å². The number of aryl methyl sites for hydroxylation is 1. The lowest BCUT2D eigenvalue weighted by molar-refractivity contribution is -0.384. The summed E-state index contributed by atoms with van der Waals surface area (Å²) in [5, 5.41) is 10.8. The first kappa shape index (κ1) is 22.7. The molecule has 1 aliphatic rings. The van der Waals surface area contributed by atoms with Crippen LogP contribution in [0.3, 0.4) is 0 Å². The number of imidazole rings is 1. The zero-order valence-corrected chi connectivity index (χ0v) is 19.0. The number of anilines is 1. The number of piperazine rings is 1. The second-order valence-corrected chi connectivity index (χ2v) is 7.42. The first-order valence-corrected chi connectivity index (χ1v) is 9.69. The summed E-state index contributed by atoms with van der Waals surface area (Å²) in [7, 11) is 3.08. The highest BCUT2D eigenvalue weighted by Gasteiger charge is 2.19. The monoisotopic (exact) mass is 493 g/mol. The van der Waals surface area contributed by atoms with Crippen molar-refractivity contribution >= 4 is 39.5 Å². The lowest BCUT2D eigenvalue weighted by atomic mass is 10.2. The molecule has 1 saturated heterocycles. The number of halogens is 1. The largest absolute Gasteiger partial charge is 0.369 e. The molecule has 4 rings (SSSR count). The average molecular weight is 494 g/mol. The number of hydrogen-bond donors (Lipinski definition) is 0. The molecule has 31 heavy (non-hydrogen) atoms. The van der Waals surface area contributed by atoms with Crippen LogP contribution in [-0.4, -0.2) is 61.2 Å². The van der Waals surface area contributed by atoms with Crippen molar-refractivity contribution < 1.29 is 4.92 Å². The highest BCUT2D eigenvalue weighted by atomic mass is 79.9. The molecule has 1 aromatic carbocycles. The lowest BCUT2D eigenvalue weighted by Crippen LogP contribution is -2.47. The van der Waals surface area contributed by atoms with Crippen molar-refractivity contribution in [1.82, 2.24) is 23.6 Å². The minimum atomic E-state index is -0.396. The standard InChI is InChI=1S/C19H23N7O4.BrH/c1-21-17-16(18(27)22(2)19(21)28)25(13-20-17)12-9-23-7-10-24(11-8-23)14-3-5-15(6-4-14)26(29)30;/h3-6,13H,7-12H2,1-2H3;1H. The van der Waals surface area contributed by atoms with Crippen molar-refractivity contribution in [2.75, 3.05) is 37.6 Å². The van der Waals surface area contributed by atoms with Crippen molar-refractivity contribution in [3.63, 3.8) is 0 Å². The Labute approximate surface area is 188 Å². The Balaban J connectivity index is 0.00000272. The number of non-ortho nitro benzene ring substituents is 1. The first-order valence-electron chi connectivity index (χ1n) is 9.69. The van der Waals surface area contributed by atoms with Gasteiger partial charge in [0.15, 0.2) is 11.2 Å². The third-order valence-corrected chi connectivity index (χ3v) is 5.67. The van der Waals surface area contributed by atoms with Gasteiger partial charge in [-0.3, -0.25) is 28.9 Å². The third kappa shape index (κ3) is 4.26. The number of rotatable bonds is 5. The van der Waals surface area contributed by atoms with E-state index in [0.717, 1.165) is 43.0 Å². The van der Waals surface area contributed by atoms with Gasteiger partial charge in [-0.2, -0.15) is 0 Å². The molecular formula is C19H24BrN7O4. The van der Waals surface area contributed by atoms with E-state index >= 15 is 0 Å². The molecule has 3 heterocycles. The fraction of sp³-hybridized carbons (Fsp3) is 0.421. The minimum absolute atomic E-state index is 0. The van der Waals surface area contributed by atoms with E-state index in [1.165, 1.54) is 23.7 Å². The Morgan fingerprint density at radius 1 is 1.00 bits per heavy atom. The Morgan fingerprint density at radius 2 is 1.65 bits per heavy atom. The van der Waals surface area contributed by atoms with E-state index in [9.17, 15) is 19.7 Å². The predicted octanol–water partition coefficient (Wildman–Crippen LogP) is 0.742. The molecule has 0 bridgehead atoms. The Hall–Kier alpha value is -2.99. The summed E-state index contributed by atoms with van der Waals surface area (Å²) < 4.78 is 4.29. The molecule has 0 aliphatic carbocycles. The van der Waals surface area contributed by atoms with E-state index in [0.29, 0.717) is 17.7 Å². The van der Waals surface area contributed by atoms with Crippen LogP contribution in [0.4, 0.5) is 11.4 Å². The van der Waals surface area contributed by atoms with Crippen LogP contribution in [0.1, 0.15) is 0 Å². The summed E-state index contributed by atoms with van der Waals surface area (Å²) in [6.07, 6.45) is 1.61. The number of nitro groups is 1. The molecule has 12 heteroatoms. The van der Waals surface area contributed by atoms with Gasteiger partial charge in [0.1, 0.15) is 0 Å². The fourth-order valence-electron chi connectivity index (χ4n) is 3.83. The molecule has 0 spiro atoms. The van der Waals surface area contributed by atoms with Crippen LogP contribution in [0.15, 0.2) is 40.2 Å². The maximum Gasteiger partial charge on any atom is 0.332 e. The first-order chi connectivity index (χ1) is 14.4. The number of benzene rings is 1. The van der Waals surface area contributed by atoms with Crippen molar-refractivity contribution in [2.45, 2.75) is 6.54 Å². The molecule has 1 fully saturated rings. The van der Waals surface area contributed by atoms with Crippen molar-refractivity contribution in [3.05, 3.63) is 61.5 Å². The predicted molar refractivity (Wildman–Crippen MR) is 122 cm³/mol. The van der Waals surface area contributed by atoms with E-state index in [-0.39, 0.29) is 33.9 Å². The molecule has 0 saturated carbocycles. The Kier molecular flexibility index (Phi) is 6.60. The summed E-state index contributed by atoms with van der Waals surface area (Å²) in [6.45, 7) is 4.69. The molecule has 11 nitrogen and oxygen atoms in total. The van der Waals surface area contributed by atoms with Crippen molar-refractivity contribution in [2.24, 2.45) is 14.1 Å². The van der Waals surface area contributed by atoms with Gasteiger partial charge in [-0.1, -0.05) is 0 Å². The molecule has 0 unspecified atom stereocenters. The van der Waals surface area contributed by atoms with Crippen LogP contribution >= 0.6 is 17.0 Å². The third-order valence-electron chi connectivity index (χ3n) is 5.67. The molecule has 0 N–H and O–H groups in total. The zero-order valence-electron chi connectivity index (χ0n) is 17.3. The normalized spacial score (nSPS) is 14.6. The van der Waals surface area contributed by atoms with Gasteiger partial charge < -0.3 is 9.47 Å². The van der Waals surface area contributed by atoms with Gasteiger partial charge in [0.05, 0.1) is 11.3 Å². The van der Waals surface area contributed by atoms with Gasteiger partial charge >= 0.3 is 5.69 Å². The van der Waals surface area contributed by atoms with Crippen LogP contribution in [0.2, 0.25) is 0 Å². The smallest absolute Gasteiger partial charge is 0.332 e. The number of aromatic nitrogens is 4. The zero-order chi connectivity index (χ0) is 21.4. The molecule has 1 aliphatic heterocycles. The average Bonchev–Trinajstić information content (AvgIpc) is 3.19. The van der Waals surface area contributed by atoms with Crippen LogP contribution in [0.5, 0.6) is 0 Å². The lowest BCUT2D eigenvalue weighted by Gasteiger charge is -2.36. The molecule has 2 aromatic heterocycles. The van der Waals surface area contributed by atoms with Gasteiger partial charge in [-0.25, -0.2) is 9.78 Å². The van der Waals surface area contributed by atoms with Gasteiger partial charge in [0.2, 0.25) is 0 Å². The topological polar surface area (TPSA) is 111 Å². The van der Waals surface area contributed by atoms with Gasteiger partial charge in [-0.05, 0) is 12.1 Å². The van der Waals surface area contributed by atoms with Crippen LogP contribution in [0, 0.1) is 10.1 Å². The van der Waals surface area contributed by atoms with Gasteiger partial charge in [0.25, 0.3) is 11.2 Å². The van der Waals surface area contributed by atoms with E-state index < -0.39 is 4.92 Å². The number of hydrogen-bond acceptors (Lipinski definition) is 7. The van der Waals surface area contributed by atoms with Crippen molar-refractivity contribution in [1.29, 1.82) is 0 Å². The summed E-state index contributed by atoms with van der Waals surface area (Å²) in [4.78, 5) is 43.7. The highest BCUT2D eigenvalue weighted by Crippen LogP contribution is 2.20. The summed E-state index contributed by atoms with van der Waals surface area (Å²) in [5.41, 5.74) is 1.17. The molecule has 166 valence electrons. The number of nitrogens with zero attached hydrogens (tertiary/aromatic N) is 7. The Morgan fingerprint density at radius 3 is 2.26 bits per heavy atom. The molecule has 0 amide bonds. The van der Waals surface area contributed by atoms with E-state index in [2.05, 4.69) is 14.8 Å². The fourth-order valence-corrected chi connectivity index (χ4v) is 3.83. The molecule has 0 radical (unpaired) electrons. The van der Waals surface area contributed by atoms with Crippen LogP contribution in [-0.2, 0) is 20.6 Å².